The molecule has 0 bridgehead atoms. The van der Waals surface area contributed by atoms with Crippen LogP contribution in [0.5, 0.6) is 0 Å². The lowest BCUT2D eigenvalue weighted by Crippen LogP contribution is -2.44. The van der Waals surface area contributed by atoms with Crippen LogP contribution in [-0.2, 0) is 19.1 Å². The highest BCUT2D eigenvalue weighted by Crippen LogP contribution is 2.09. The average Bonchev–Trinajstić information content (AvgIpc) is 2.39. The molecule has 0 aliphatic heterocycles. The molecule has 0 fully saturated rings. The zero-order valence-corrected chi connectivity index (χ0v) is 15.7. The molecule has 0 unspecified atom stereocenters. The predicted molar refractivity (Wildman–Crippen MR) is 93.0 cm³/mol. The Morgan fingerprint density at radius 1 is 1.17 bits per heavy atom. The molecule has 0 aromatic rings. The van der Waals surface area contributed by atoms with Crippen LogP contribution in [0.2, 0.25) is 0 Å². The van der Waals surface area contributed by atoms with Crippen molar-refractivity contribution in [3.05, 3.63) is 0 Å². The molecule has 0 aliphatic carbocycles. The summed E-state index contributed by atoms with van der Waals surface area (Å²) < 4.78 is 5.22. The van der Waals surface area contributed by atoms with Crippen LogP contribution in [0.4, 0.5) is 0 Å². The number of hydrogen-bond acceptors (Lipinski definition) is 4. The van der Waals surface area contributed by atoms with E-state index in [1.165, 1.54) is 16.7 Å². The molecule has 0 saturated carbocycles. The van der Waals surface area contributed by atoms with Gasteiger partial charge < -0.3 is 14.5 Å². The highest BCUT2D eigenvalue weighted by atomic mass is 16.6. The second kappa shape index (κ2) is 9.96. The summed E-state index contributed by atoms with van der Waals surface area (Å²) in [6.45, 7) is 11.5. The van der Waals surface area contributed by atoms with Gasteiger partial charge in [-0.05, 0) is 26.7 Å². The lowest BCUT2D eigenvalue weighted by Gasteiger charge is -2.27. The first kappa shape index (κ1) is 22.0. The molecule has 24 heavy (non-hydrogen) atoms. The van der Waals surface area contributed by atoms with Crippen LogP contribution in [-0.4, -0.2) is 59.4 Å². The molecular weight excluding hydrogens is 308 g/mol. The zero-order chi connectivity index (χ0) is 18.9. The quantitative estimate of drug-likeness (QED) is 0.499. The van der Waals surface area contributed by atoms with Gasteiger partial charge in [-0.3, -0.25) is 14.4 Å². The highest BCUT2D eigenvalue weighted by molar-refractivity contribution is 5.84. The van der Waals surface area contributed by atoms with Crippen molar-refractivity contribution in [1.82, 2.24) is 9.80 Å². The Balaban J connectivity index is 4.74. The fourth-order valence-corrected chi connectivity index (χ4v) is 2.03. The number of amides is 2. The molecule has 0 aromatic heterocycles. The molecule has 0 rings (SSSR count). The standard InChI is InChI=1S/C18H30N2O4/c1-8-10-19(11-9-17(23)24-18(5,6)7)16(22)13-20(15(4)21)12-14(2)3/h1,14H,9-13H2,2-7H3. The number of nitrogens with zero attached hydrogens (tertiary/aromatic N) is 2. The second-order valence-corrected chi connectivity index (χ2v) is 7.15. The van der Waals surface area contributed by atoms with Crippen molar-refractivity contribution in [2.45, 2.75) is 53.6 Å². The van der Waals surface area contributed by atoms with Gasteiger partial charge in [0.2, 0.25) is 11.8 Å². The lowest BCUT2D eigenvalue weighted by molar-refractivity contribution is -0.155. The maximum absolute atomic E-state index is 12.4. The summed E-state index contributed by atoms with van der Waals surface area (Å²) in [6, 6.07) is 0. The number of carbonyl (C=O) groups excluding carboxylic acids is 3. The van der Waals surface area contributed by atoms with Crippen molar-refractivity contribution in [2.75, 3.05) is 26.2 Å². The van der Waals surface area contributed by atoms with Crippen LogP contribution >= 0.6 is 0 Å². The summed E-state index contributed by atoms with van der Waals surface area (Å²) in [5.74, 6) is 1.85. The van der Waals surface area contributed by atoms with Gasteiger partial charge in [-0.25, -0.2) is 0 Å². The lowest BCUT2D eigenvalue weighted by atomic mass is 10.2. The highest BCUT2D eigenvalue weighted by Gasteiger charge is 2.22. The first-order valence-electron chi connectivity index (χ1n) is 8.15. The summed E-state index contributed by atoms with van der Waals surface area (Å²) in [6.07, 6.45) is 5.37. The largest absolute Gasteiger partial charge is 0.460 e. The number of hydrogen-bond donors (Lipinski definition) is 0. The van der Waals surface area contributed by atoms with Crippen molar-refractivity contribution in [3.63, 3.8) is 0 Å². The summed E-state index contributed by atoms with van der Waals surface area (Å²) >= 11 is 0. The van der Waals surface area contributed by atoms with E-state index in [1.807, 2.05) is 13.8 Å². The van der Waals surface area contributed by atoms with Gasteiger partial charge in [0.25, 0.3) is 0 Å². The van der Waals surface area contributed by atoms with Gasteiger partial charge in [-0.1, -0.05) is 19.8 Å². The van der Waals surface area contributed by atoms with E-state index in [-0.39, 0.29) is 49.8 Å². The first-order chi connectivity index (χ1) is 11.0. The van der Waals surface area contributed by atoms with Crippen LogP contribution < -0.4 is 0 Å². The smallest absolute Gasteiger partial charge is 0.308 e. The van der Waals surface area contributed by atoms with Gasteiger partial charge in [0.15, 0.2) is 0 Å². The molecule has 0 saturated heterocycles. The van der Waals surface area contributed by atoms with Gasteiger partial charge in [-0.15, -0.1) is 6.42 Å². The number of esters is 1. The number of terminal acetylenes is 1. The van der Waals surface area contributed by atoms with Gasteiger partial charge in [0, 0.05) is 20.0 Å². The molecule has 6 heteroatoms. The van der Waals surface area contributed by atoms with Gasteiger partial charge in [-0.2, -0.15) is 0 Å². The van der Waals surface area contributed by atoms with E-state index >= 15 is 0 Å². The van der Waals surface area contributed by atoms with Crippen LogP contribution in [0, 0.1) is 18.3 Å². The topological polar surface area (TPSA) is 66.9 Å². The minimum atomic E-state index is -0.569. The summed E-state index contributed by atoms with van der Waals surface area (Å²) in [5.41, 5.74) is -0.569. The second-order valence-electron chi connectivity index (χ2n) is 7.15. The van der Waals surface area contributed by atoms with E-state index in [4.69, 9.17) is 11.2 Å². The molecule has 136 valence electrons. The minimum Gasteiger partial charge on any atom is -0.460 e. The fraction of sp³-hybridized carbons (Fsp3) is 0.722. The van der Waals surface area contributed by atoms with Crippen LogP contribution in [0.1, 0.15) is 48.0 Å². The summed E-state index contributed by atoms with van der Waals surface area (Å²) in [4.78, 5) is 38.8. The predicted octanol–water partition coefficient (Wildman–Crippen LogP) is 1.68. The Hall–Kier alpha value is -2.03. The van der Waals surface area contributed by atoms with E-state index in [2.05, 4.69) is 5.92 Å². The number of ether oxygens (including phenoxy) is 1. The van der Waals surface area contributed by atoms with E-state index in [0.29, 0.717) is 6.54 Å². The molecule has 0 aliphatic rings. The van der Waals surface area contributed by atoms with Crippen LogP contribution in [0.25, 0.3) is 0 Å². The molecule has 2 amide bonds. The zero-order valence-electron chi connectivity index (χ0n) is 15.7. The van der Waals surface area contributed by atoms with Gasteiger partial charge in [0.05, 0.1) is 19.5 Å². The van der Waals surface area contributed by atoms with Crippen molar-refractivity contribution in [3.8, 4) is 12.3 Å². The van der Waals surface area contributed by atoms with Crippen molar-refractivity contribution < 1.29 is 19.1 Å². The Morgan fingerprint density at radius 3 is 2.17 bits per heavy atom. The molecule has 0 radical (unpaired) electrons. The molecule has 0 aromatic carbocycles. The average molecular weight is 338 g/mol. The van der Waals surface area contributed by atoms with Crippen LogP contribution in [0.3, 0.4) is 0 Å². The maximum Gasteiger partial charge on any atom is 0.308 e. The third-order valence-electron chi connectivity index (χ3n) is 3.00. The van der Waals surface area contributed by atoms with Crippen molar-refractivity contribution >= 4 is 17.8 Å². The maximum atomic E-state index is 12.4. The number of rotatable bonds is 8. The fourth-order valence-electron chi connectivity index (χ4n) is 2.03. The Bertz CT molecular complexity index is 486. The Labute approximate surface area is 145 Å². The molecule has 0 N–H and O–H groups in total. The third kappa shape index (κ3) is 9.88. The molecule has 0 atom stereocenters. The molecule has 0 spiro atoms. The van der Waals surface area contributed by atoms with E-state index < -0.39 is 5.60 Å². The first-order valence-corrected chi connectivity index (χ1v) is 8.15. The van der Waals surface area contributed by atoms with Gasteiger partial charge >= 0.3 is 5.97 Å². The van der Waals surface area contributed by atoms with E-state index in [1.54, 1.807) is 20.8 Å². The van der Waals surface area contributed by atoms with E-state index in [0.717, 1.165) is 0 Å². The SMILES string of the molecule is C#CCN(CCC(=O)OC(C)(C)C)C(=O)CN(CC(C)C)C(C)=O. The monoisotopic (exact) mass is 338 g/mol. The minimum absolute atomic E-state index is 0.0382. The van der Waals surface area contributed by atoms with E-state index in [9.17, 15) is 14.4 Å². The van der Waals surface area contributed by atoms with Crippen LogP contribution in [0.15, 0.2) is 0 Å². The van der Waals surface area contributed by atoms with Gasteiger partial charge in [0.1, 0.15) is 5.60 Å². The number of carbonyl (C=O) groups is 3. The van der Waals surface area contributed by atoms with Crippen molar-refractivity contribution in [2.24, 2.45) is 5.92 Å². The normalized spacial score (nSPS) is 10.9. The molecular formula is C18H30N2O4. The van der Waals surface area contributed by atoms with Crippen molar-refractivity contribution in [1.29, 1.82) is 0 Å². The molecule has 6 nitrogen and oxygen atoms in total. The summed E-state index contributed by atoms with van der Waals surface area (Å²) in [5, 5.41) is 0. The Morgan fingerprint density at radius 2 is 1.75 bits per heavy atom. The summed E-state index contributed by atoms with van der Waals surface area (Å²) in [7, 11) is 0. The molecule has 0 heterocycles. The third-order valence-corrected chi connectivity index (χ3v) is 3.00. The Kier molecular flexibility index (Phi) is 9.12.